The molecule has 0 N–H and O–H groups in total. The Morgan fingerprint density at radius 2 is 1.88 bits per heavy atom. The van der Waals surface area contributed by atoms with E-state index in [1.165, 1.54) is 0 Å². The van der Waals surface area contributed by atoms with Gasteiger partial charge in [0.05, 0.1) is 25.3 Å². The number of hydrogen-bond donors (Lipinski definition) is 0. The Kier molecular flexibility index (Phi) is 4.61. The number of benzene rings is 1. The van der Waals surface area contributed by atoms with Gasteiger partial charge in [-0.3, -0.25) is 14.4 Å². The SMILES string of the molecule is CCOC(=O)CC1(C(=O)OCC)CCn2c(cc3ccccc32)C1=O. The number of ketones is 1. The Balaban J connectivity index is 2.06. The molecule has 3 rings (SSSR count). The number of fused-ring (bicyclic) bond motifs is 3. The highest BCUT2D eigenvalue weighted by Gasteiger charge is 2.52. The summed E-state index contributed by atoms with van der Waals surface area (Å²) in [5.74, 6) is -1.58. The van der Waals surface area contributed by atoms with Crippen molar-refractivity contribution in [1.82, 2.24) is 4.57 Å². The Morgan fingerprint density at radius 3 is 2.60 bits per heavy atom. The van der Waals surface area contributed by atoms with Crippen LogP contribution >= 0.6 is 0 Å². The van der Waals surface area contributed by atoms with Crippen molar-refractivity contribution >= 4 is 28.6 Å². The summed E-state index contributed by atoms with van der Waals surface area (Å²) in [5, 5.41) is 0.932. The lowest BCUT2D eigenvalue weighted by Crippen LogP contribution is -2.47. The van der Waals surface area contributed by atoms with Gasteiger partial charge in [0, 0.05) is 17.4 Å². The summed E-state index contributed by atoms with van der Waals surface area (Å²) in [6, 6.07) is 9.44. The number of carbonyl (C=O) groups excluding carboxylic acids is 3. The van der Waals surface area contributed by atoms with Crippen molar-refractivity contribution in [2.45, 2.75) is 33.2 Å². The van der Waals surface area contributed by atoms with Crippen LogP contribution in [0.3, 0.4) is 0 Å². The maximum absolute atomic E-state index is 13.2. The Hall–Kier alpha value is -2.63. The maximum Gasteiger partial charge on any atom is 0.320 e. The minimum Gasteiger partial charge on any atom is -0.466 e. The molecule has 0 amide bonds. The number of rotatable bonds is 5. The van der Waals surface area contributed by atoms with E-state index < -0.39 is 17.4 Å². The van der Waals surface area contributed by atoms with Crippen LogP contribution in [-0.4, -0.2) is 35.5 Å². The number of ether oxygens (including phenoxy) is 2. The van der Waals surface area contributed by atoms with E-state index in [0.29, 0.717) is 12.2 Å². The molecule has 0 bridgehead atoms. The van der Waals surface area contributed by atoms with E-state index in [1.54, 1.807) is 19.9 Å². The number of esters is 2. The molecule has 0 saturated carbocycles. The zero-order valence-corrected chi connectivity index (χ0v) is 14.4. The Morgan fingerprint density at radius 1 is 1.16 bits per heavy atom. The predicted octanol–water partition coefficient (Wildman–Crippen LogP) is 2.73. The third-order valence-electron chi connectivity index (χ3n) is 4.66. The van der Waals surface area contributed by atoms with Crippen LogP contribution in [0, 0.1) is 5.41 Å². The normalized spacial score (nSPS) is 19.5. The molecule has 6 heteroatoms. The summed E-state index contributed by atoms with van der Waals surface area (Å²) in [4.78, 5) is 37.9. The summed E-state index contributed by atoms with van der Waals surface area (Å²) in [6.45, 7) is 4.19. The van der Waals surface area contributed by atoms with Gasteiger partial charge in [-0.2, -0.15) is 0 Å². The Labute approximate surface area is 145 Å². The Bertz CT molecular complexity index is 837. The van der Waals surface area contributed by atoms with Gasteiger partial charge in [-0.05, 0) is 32.4 Å². The second-order valence-corrected chi connectivity index (χ2v) is 6.10. The van der Waals surface area contributed by atoms with E-state index in [-0.39, 0.29) is 31.8 Å². The van der Waals surface area contributed by atoms with Gasteiger partial charge < -0.3 is 14.0 Å². The summed E-state index contributed by atoms with van der Waals surface area (Å²) >= 11 is 0. The van der Waals surface area contributed by atoms with Crippen molar-refractivity contribution in [3.8, 4) is 0 Å². The monoisotopic (exact) mass is 343 g/mol. The van der Waals surface area contributed by atoms with E-state index in [2.05, 4.69) is 0 Å². The molecule has 0 spiro atoms. The van der Waals surface area contributed by atoms with Crippen molar-refractivity contribution < 1.29 is 23.9 Å². The van der Waals surface area contributed by atoms with E-state index in [0.717, 1.165) is 10.9 Å². The lowest BCUT2D eigenvalue weighted by Gasteiger charge is -2.33. The fourth-order valence-corrected chi connectivity index (χ4v) is 3.46. The topological polar surface area (TPSA) is 74.6 Å². The third-order valence-corrected chi connectivity index (χ3v) is 4.66. The molecule has 1 atom stereocenters. The van der Waals surface area contributed by atoms with Crippen LogP contribution < -0.4 is 0 Å². The molecule has 0 radical (unpaired) electrons. The summed E-state index contributed by atoms with van der Waals surface area (Å²) in [7, 11) is 0. The van der Waals surface area contributed by atoms with E-state index in [9.17, 15) is 14.4 Å². The predicted molar refractivity (Wildman–Crippen MR) is 91.2 cm³/mol. The molecular formula is C19H21NO5. The molecule has 0 saturated heterocycles. The fraction of sp³-hybridized carbons (Fsp3) is 0.421. The van der Waals surface area contributed by atoms with Gasteiger partial charge >= 0.3 is 11.9 Å². The molecule has 1 aromatic carbocycles. The van der Waals surface area contributed by atoms with Crippen LogP contribution in [0.2, 0.25) is 0 Å². The van der Waals surface area contributed by atoms with Crippen molar-refractivity contribution in [3.05, 3.63) is 36.0 Å². The highest BCUT2D eigenvalue weighted by Crippen LogP contribution is 2.40. The first kappa shape index (κ1) is 17.2. The number of aromatic nitrogens is 1. The first-order valence-electron chi connectivity index (χ1n) is 8.49. The van der Waals surface area contributed by atoms with Crippen LogP contribution in [0.25, 0.3) is 10.9 Å². The maximum atomic E-state index is 13.2. The molecular weight excluding hydrogens is 322 g/mol. The number of nitrogens with zero attached hydrogens (tertiary/aromatic N) is 1. The fourth-order valence-electron chi connectivity index (χ4n) is 3.46. The second-order valence-electron chi connectivity index (χ2n) is 6.10. The summed E-state index contributed by atoms with van der Waals surface area (Å²) < 4.78 is 12.0. The first-order valence-corrected chi connectivity index (χ1v) is 8.49. The highest BCUT2D eigenvalue weighted by atomic mass is 16.5. The standard InChI is InChI=1S/C19H21NO5/c1-3-24-16(21)12-19(18(23)25-4-2)9-10-20-14-8-6-5-7-13(14)11-15(20)17(19)22/h5-8,11H,3-4,9-10,12H2,1-2H3. The summed E-state index contributed by atoms with van der Waals surface area (Å²) in [5.41, 5.74) is -0.128. The molecule has 132 valence electrons. The van der Waals surface area contributed by atoms with Gasteiger partial charge in [-0.15, -0.1) is 0 Å². The first-order chi connectivity index (χ1) is 12.0. The lowest BCUT2D eigenvalue weighted by atomic mass is 9.74. The molecule has 0 fully saturated rings. The highest BCUT2D eigenvalue weighted by molar-refractivity contribution is 6.15. The van der Waals surface area contributed by atoms with Crippen LogP contribution in [0.4, 0.5) is 0 Å². The van der Waals surface area contributed by atoms with E-state index in [1.807, 2.05) is 28.8 Å². The van der Waals surface area contributed by atoms with E-state index >= 15 is 0 Å². The quantitative estimate of drug-likeness (QED) is 0.616. The van der Waals surface area contributed by atoms with Gasteiger partial charge in [0.25, 0.3) is 0 Å². The van der Waals surface area contributed by atoms with Crippen LogP contribution in [0.1, 0.15) is 37.2 Å². The zero-order chi connectivity index (χ0) is 18.0. The molecule has 0 aliphatic carbocycles. The summed E-state index contributed by atoms with van der Waals surface area (Å²) in [6.07, 6.45) is -0.0742. The number of aryl methyl sites for hydroxylation is 1. The van der Waals surface area contributed by atoms with E-state index in [4.69, 9.17) is 9.47 Å². The van der Waals surface area contributed by atoms with Crippen LogP contribution in [0.15, 0.2) is 30.3 Å². The molecule has 2 aromatic rings. The minimum atomic E-state index is -1.51. The zero-order valence-electron chi connectivity index (χ0n) is 14.4. The molecule has 1 unspecified atom stereocenters. The van der Waals surface area contributed by atoms with Gasteiger partial charge in [-0.25, -0.2) is 0 Å². The molecule has 2 heterocycles. The van der Waals surface area contributed by atoms with Crippen molar-refractivity contribution in [1.29, 1.82) is 0 Å². The molecule has 1 aliphatic heterocycles. The molecule has 25 heavy (non-hydrogen) atoms. The van der Waals surface area contributed by atoms with Crippen molar-refractivity contribution in [2.75, 3.05) is 13.2 Å². The average Bonchev–Trinajstić information content (AvgIpc) is 2.97. The van der Waals surface area contributed by atoms with Crippen molar-refractivity contribution in [2.24, 2.45) is 5.41 Å². The van der Waals surface area contributed by atoms with Gasteiger partial charge in [0.1, 0.15) is 5.41 Å². The third kappa shape index (κ3) is 2.81. The lowest BCUT2D eigenvalue weighted by molar-refractivity contribution is -0.160. The van der Waals surface area contributed by atoms with Crippen LogP contribution in [-0.2, 0) is 25.6 Å². The number of Topliss-reactive ketones (excluding diaryl/α,β-unsaturated/α-hetero) is 1. The largest absolute Gasteiger partial charge is 0.466 e. The minimum absolute atomic E-state index is 0.152. The number of para-hydroxylation sites is 1. The molecule has 6 nitrogen and oxygen atoms in total. The smallest absolute Gasteiger partial charge is 0.320 e. The number of hydrogen-bond acceptors (Lipinski definition) is 5. The molecule has 1 aromatic heterocycles. The van der Waals surface area contributed by atoms with Gasteiger partial charge in [0.15, 0.2) is 5.78 Å². The number of carbonyl (C=O) groups is 3. The van der Waals surface area contributed by atoms with Gasteiger partial charge in [0.2, 0.25) is 0 Å². The average molecular weight is 343 g/mol. The molecule has 1 aliphatic rings. The second kappa shape index (κ2) is 6.70. The van der Waals surface area contributed by atoms with Crippen LogP contribution in [0.5, 0.6) is 0 Å². The van der Waals surface area contributed by atoms with Crippen molar-refractivity contribution in [3.63, 3.8) is 0 Å². The van der Waals surface area contributed by atoms with Gasteiger partial charge in [-0.1, -0.05) is 18.2 Å².